The summed E-state index contributed by atoms with van der Waals surface area (Å²) < 4.78 is 12.0. The Morgan fingerprint density at radius 3 is 2.95 bits per heavy atom. The first kappa shape index (κ1) is 15.9. The van der Waals surface area contributed by atoms with Crippen LogP contribution in [0.25, 0.3) is 0 Å². The molecule has 1 aromatic rings. The Bertz CT molecular complexity index is 550. The summed E-state index contributed by atoms with van der Waals surface area (Å²) in [5, 5.41) is 14.6. The summed E-state index contributed by atoms with van der Waals surface area (Å²) >= 11 is 0. The summed E-state index contributed by atoms with van der Waals surface area (Å²) in [5.74, 6) is 0.994. The van der Waals surface area contributed by atoms with Crippen LogP contribution in [0.2, 0.25) is 0 Å². The molecule has 1 fully saturated rings. The lowest BCUT2D eigenvalue weighted by molar-refractivity contribution is -0.384. The third-order valence-electron chi connectivity index (χ3n) is 3.93. The first-order valence-electron chi connectivity index (χ1n) is 7.26. The normalized spacial score (nSPS) is 23.5. The molecule has 0 radical (unpaired) electrons. The highest BCUT2D eigenvalue weighted by Crippen LogP contribution is 2.30. The summed E-state index contributed by atoms with van der Waals surface area (Å²) in [6.45, 7) is 3.64. The van der Waals surface area contributed by atoms with Crippen molar-refractivity contribution in [1.82, 2.24) is 4.98 Å². The van der Waals surface area contributed by atoms with E-state index in [2.05, 4.69) is 10.3 Å². The molecule has 6 nitrogen and oxygen atoms in total. The first-order valence-corrected chi connectivity index (χ1v) is 8.64. The van der Waals surface area contributed by atoms with Gasteiger partial charge in [0.15, 0.2) is 0 Å². The molecule has 0 saturated heterocycles. The van der Waals surface area contributed by atoms with E-state index >= 15 is 0 Å². The number of nitrogens with one attached hydrogen (secondary N) is 1. The second-order valence-electron chi connectivity index (χ2n) is 5.38. The van der Waals surface area contributed by atoms with Crippen molar-refractivity contribution in [1.29, 1.82) is 0 Å². The van der Waals surface area contributed by atoms with Gasteiger partial charge in [0.05, 0.1) is 4.92 Å². The molecule has 3 atom stereocenters. The summed E-state index contributed by atoms with van der Waals surface area (Å²) in [6.07, 6.45) is 5.27. The average Bonchev–Trinajstić information content (AvgIpc) is 2.46. The van der Waals surface area contributed by atoms with Crippen LogP contribution in [0.3, 0.4) is 0 Å². The summed E-state index contributed by atoms with van der Waals surface area (Å²) in [5.41, 5.74) is 0.637. The van der Waals surface area contributed by atoms with Crippen molar-refractivity contribution in [2.75, 3.05) is 11.1 Å². The van der Waals surface area contributed by atoms with Gasteiger partial charge < -0.3 is 5.32 Å². The van der Waals surface area contributed by atoms with Crippen molar-refractivity contribution in [3.8, 4) is 0 Å². The molecule has 1 aromatic heterocycles. The van der Waals surface area contributed by atoms with Crippen molar-refractivity contribution in [2.45, 2.75) is 50.8 Å². The van der Waals surface area contributed by atoms with Crippen LogP contribution in [0.15, 0.2) is 12.3 Å². The van der Waals surface area contributed by atoms with Gasteiger partial charge in [-0.3, -0.25) is 14.3 Å². The van der Waals surface area contributed by atoms with Gasteiger partial charge in [0.1, 0.15) is 0 Å². The van der Waals surface area contributed by atoms with Crippen molar-refractivity contribution in [3.63, 3.8) is 0 Å². The van der Waals surface area contributed by atoms with Crippen LogP contribution < -0.4 is 5.32 Å². The van der Waals surface area contributed by atoms with Gasteiger partial charge in [-0.25, -0.2) is 4.98 Å². The molecule has 1 aliphatic rings. The van der Waals surface area contributed by atoms with Gasteiger partial charge in [0, 0.05) is 39.6 Å². The van der Waals surface area contributed by atoms with Crippen molar-refractivity contribution in [2.24, 2.45) is 0 Å². The van der Waals surface area contributed by atoms with E-state index in [-0.39, 0.29) is 17.0 Å². The number of hydrogen-bond donors (Lipinski definition) is 1. The zero-order valence-electron chi connectivity index (χ0n) is 12.4. The number of nitro groups is 1. The van der Waals surface area contributed by atoms with Gasteiger partial charge in [-0.2, -0.15) is 0 Å². The van der Waals surface area contributed by atoms with Gasteiger partial charge in [-0.15, -0.1) is 0 Å². The van der Waals surface area contributed by atoms with Crippen molar-refractivity contribution in [3.05, 3.63) is 27.9 Å². The minimum atomic E-state index is -0.805. The molecule has 1 saturated carbocycles. The predicted octanol–water partition coefficient (Wildman–Crippen LogP) is 2.79. The zero-order chi connectivity index (χ0) is 15.4. The summed E-state index contributed by atoms with van der Waals surface area (Å²) in [4.78, 5) is 14.9. The zero-order valence-corrected chi connectivity index (χ0v) is 13.2. The predicted molar refractivity (Wildman–Crippen MR) is 84.0 cm³/mol. The van der Waals surface area contributed by atoms with Crippen LogP contribution in [0.1, 0.15) is 38.2 Å². The van der Waals surface area contributed by atoms with Gasteiger partial charge >= 0.3 is 5.69 Å². The molecule has 1 heterocycles. The molecule has 1 N–H and O–H groups in total. The fourth-order valence-electron chi connectivity index (χ4n) is 2.83. The molecule has 0 aliphatic heterocycles. The van der Waals surface area contributed by atoms with Crippen molar-refractivity contribution < 1.29 is 9.13 Å². The van der Waals surface area contributed by atoms with Crippen molar-refractivity contribution >= 4 is 22.3 Å². The number of nitrogens with zero attached hydrogens (tertiary/aromatic N) is 2. The molecule has 1 aliphatic carbocycles. The molecule has 0 aromatic carbocycles. The monoisotopic (exact) mass is 311 g/mol. The smallest absolute Gasteiger partial charge is 0.314 e. The lowest BCUT2D eigenvalue weighted by Gasteiger charge is -2.29. The second-order valence-corrected chi connectivity index (χ2v) is 7.39. The van der Waals surface area contributed by atoms with E-state index in [1.54, 1.807) is 19.2 Å². The molecule has 116 valence electrons. The second kappa shape index (κ2) is 6.98. The van der Waals surface area contributed by atoms with Crippen LogP contribution in [0.4, 0.5) is 11.5 Å². The summed E-state index contributed by atoms with van der Waals surface area (Å²) in [7, 11) is -0.805. The number of anilines is 1. The molecule has 0 amide bonds. The highest BCUT2D eigenvalue weighted by molar-refractivity contribution is 7.85. The van der Waals surface area contributed by atoms with Crippen LogP contribution in [0.5, 0.6) is 0 Å². The highest BCUT2D eigenvalue weighted by atomic mass is 32.2. The Morgan fingerprint density at radius 2 is 2.29 bits per heavy atom. The van der Waals surface area contributed by atoms with Gasteiger partial charge in [0.25, 0.3) is 0 Å². The van der Waals surface area contributed by atoms with E-state index in [1.807, 2.05) is 6.92 Å². The maximum Gasteiger partial charge on any atom is 0.314 e. The minimum absolute atomic E-state index is 0.0382. The Balaban J connectivity index is 2.13. The fraction of sp³-hybridized carbons (Fsp3) is 0.643. The number of aromatic nitrogens is 1. The molecule has 0 unspecified atom stereocenters. The SMILES string of the molecule is CC[S@](=O)[C@@H]1CCC[C@@H](Nc2nccc(C)c2[N+](=O)[O-])C1. The van der Waals surface area contributed by atoms with E-state index < -0.39 is 15.7 Å². The highest BCUT2D eigenvalue weighted by Gasteiger charge is 2.28. The maximum absolute atomic E-state index is 12.0. The Morgan fingerprint density at radius 1 is 1.52 bits per heavy atom. The summed E-state index contributed by atoms with van der Waals surface area (Å²) in [6, 6.07) is 1.74. The fourth-order valence-corrected chi connectivity index (χ4v) is 4.18. The topological polar surface area (TPSA) is 85.1 Å². The molecule has 7 heteroatoms. The van der Waals surface area contributed by atoms with Gasteiger partial charge in [-0.1, -0.05) is 13.3 Å². The van der Waals surface area contributed by atoms with E-state index in [4.69, 9.17) is 0 Å². The number of pyridine rings is 1. The third kappa shape index (κ3) is 3.78. The minimum Gasteiger partial charge on any atom is -0.362 e. The molecular formula is C14H21N3O3S. The number of aryl methyl sites for hydroxylation is 1. The van der Waals surface area contributed by atoms with Crippen LogP contribution in [0, 0.1) is 17.0 Å². The Kier molecular flexibility index (Phi) is 5.27. The quantitative estimate of drug-likeness (QED) is 0.667. The lowest BCUT2D eigenvalue weighted by atomic mass is 9.95. The molecule has 21 heavy (non-hydrogen) atoms. The van der Waals surface area contributed by atoms with Crippen LogP contribution in [-0.4, -0.2) is 31.2 Å². The van der Waals surface area contributed by atoms with Gasteiger partial charge in [0.2, 0.25) is 5.82 Å². The van der Waals surface area contributed by atoms with E-state index in [0.29, 0.717) is 17.1 Å². The third-order valence-corrected chi connectivity index (χ3v) is 5.67. The molecule has 2 rings (SSSR count). The van der Waals surface area contributed by atoms with Gasteiger partial charge in [-0.05, 0) is 32.3 Å². The number of rotatable bonds is 5. The van der Waals surface area contributed by atoms with E-state index in [9.17, 15) is 14.3 Å². The van der Waals surface area contributed by atoms with Crippen LogP contribution >= 0.6 is 0 Å². The Labute approximate surface area is 127 Å². The standard InChI is InChI=1S/C14H21N3O3S/c1-3-21(20)12-6-4-5-11(9-12)16-14-13(17(18)19)10(2)7-8-15-14/h7-8,11-12H,3-6,9H2,1-2H3,(H,15,16)/t11-,12-,21+/m1/s1. The first-order chi connectivity index (χ1) is 10.0. The molecular weight excluding hydrogens is 290 g/mol. The van der Waals surface area contributed by atoms with E-state index in [1.165, 1.54) is 0 Å². The van der Waals surface area contributed by atoms with Crippen LogP contribution in [-0.2, 0) is 10.8 Å². The Hall–Kier alpha value is -1.50. The molecule has 0 spiro atoms. The average molecular weight is 311 g/mol. The largest absolute Gasteiger partial charge is 0.362 e. The molecule has 0 bridgehead atoms. The lowest BCUT2D eigenvalue weighted by Crippen LogP contribution is -2.33. The number of hydrogen-bond acceptors (Lipinski definition) is 5. The van der Waals surface area contributed by atoms with E-state index in [0.717, 1.165) is 25.7 Å². The maximum atomic E-state index is 12.0.